The molecule has 0 aliphatic carbocycles. The predicted octanol–water partition coefficient (Wildman–Crippen LogP) is 2.78. The molecule has 0 aliphatic heterocycles. The van der Waals surface area contributed by atoms with Crippen LogP contribution in [0.3, 0.4) is 0 Å². The number of amides is 1. The fourth-order valence-electron chi connectivity index (χ4n) is 2.12. The molecule has 1 rings (SSSR count). The third-order valence-corrected chi connectivity index (χ3v) is 3.74. The molecule has 0 aliphatic rings. The minimum absolute atomic E-state index is 0. The van der Waals surface area contributed by atoms with Crippen LogP contribution in [0.15, 0.2) is 35.3 Å². The third-order valence-electron chi connectivity index (χ3n) is 3.74. The fraction of sp³-hybridized carbons (Fsp3) is 0.600. The SMILES string of the molecule is CN=C(NCCNC(=O)C(C)(C)C)NCC(C)COCc1ccccc1.I. The molecule has 1 atom stereocenters. The van der Waals surface area contributed by atoms with E-state index in [9.17, 15) is 4.79 Å². The number of guanidine groups is 1. The largest absolute Gasteiger partial charge is 0.376 e. The number of carbonyl (C=O) groups excluding carboxylic acids is 1. The Balaban J connectivity index is 0.00000676. The number of benzene rings is 1. The number of hydrogen-bond acceptors (Lipinski definition) is 3. The minimum Gasteiger partial charge on any atom is -0.376 e. The van der Waals surface area contributed by atoms with Gasteiger partial charge in [0, 0.05) is 32.1 Å². The van der Waals surface area contributed by atoms with E-state index < -0.39 is 0 Å². The molecule has 6 nitrogen and oxygen atoms in total. The summed E-state index contributed by atoms with van der Waals surface area (Å²) in [7, 11) is 1.74. The van der Waals surface area contributed by atoms with Gasteiger partial charge in [-0.15, -0.1) is 24.0 Å². The van der Waals surface area contributed by atoms with E-state index in [0.29, 0.717) is 32.2 Å². The van der Waals surface area contributed by atoms with Gasteiger partial charge in [-0.3, -0.25) is 9.79 Å². The Morgan fingerprint density at radius 3 is 2.33 bits per heavy atom. The van der Waals surface area contributed by atoms with Crippen molar-refractivity contribution in [1.29, 1.82) is 0 Å². The molecule has 0 radical (unpaired) electrons. The Morgan fingerprint density at radius 1 is 1.11 bits per heavy atom. The van der Waals surface area contributed by atoms with E-state index in [-0.39, 0.29) is 35.3 Å². The lowest BCUT2D eigenvalue weighted by atomic mass is 9.96. The van der Waals surface area contributed by atoms with Crippen LogP contribution in [0.5, 0.6) is 0 Å². The summed E-state index contributed by atoms with van der Waals surface area (Å²) in [4.78, 5) is 16.0. The summed E-state index contributed by atoms with van der Waals surface area (Å²) in [5.41, 5.74) is 0.817. The van der Waals surface area contributed by atoms with Crippen molar-refractivity contribution in [2.45, 2.75) is 34.3 Å². The molecule has 1 unspecified atom stereocenters. The average Bonchev–Trinajstić information content (AvgIpc) is 2.61. The van der Waals surface area contributed by atoms with Crippen molar-refractivity contribution in [2.24, 2.45) is 16.3 Å². The van der Waals surface area contributed by atoms with Crippen LogP contribution in [0.25, 0.3) is 0 Å². The maximum absolute atomic E-state index is 11.8. The highest BCUT2D eigenvalue weighted by Gasteiger charge is 2.20. The van der Waals surface area contributed by atoms with Crippen LogP contribution >= 0.6 is 24.0 Å². The quantitative estimate of drug-likeness (QED) is 0.216. The van der Waals surface area contributed by atoms with Crippen molar-refractivity contribution < 1.29 is 9.53 Å². The highest BCUT2D eigenvalue weighted by atomic mass is 127. The van der Waals surface area contributed by atoms with E-state index in [4.69, 9.17) is 4.74 Å². The Morgan fingerprint density at radius 2 is 1.74 bits per heavy atom. The standard InChI is InChI=1S/C20H34N4O2.HI/c1-16(14-26-15-17-9-7-6-8-10-17)13-24-19(21-5)23-12-11-22-18(25)20(2,3)4;/h6-10,16H,11-15H2,1-5H3,(H,22,25)(H2,21,23,24);1H. The molecule has 0 aromatic heterocycles. The van der Waals surface area contributed by atoms with Crippen molar-refractivity contribution in [3.63, 3.8) is 0 Å². The number of aliphatic imine (C=N–C) groups is 1. The molecule has 1 amide bonds. The fourth-order valence-corrected chi connectivity index (χ4v) is 2.12. The third kappa shape index (κ3) is 11.9. The second kappa shape index (κ2) is 13.8. The highest BCUT2D eigenvalue weighted by molar-refractivity contribution is 14.0. The zero-order valence-corrected chi connectivity index (χ0v) is 19.5. The van der Waals surface area contributed by atoms with Gasteiger partial charge in [0.25, 0.3) is 0 Å². The van der Waals surface area contributed by atoms with E-state index in [1.807, 2.05) is 39.0 Å². The van der Waals surface area contributed by atoms with Crippen LogP contribution in [0.1, 0.15) is 33.3 Å². The molecule has 0 saturated carbocycles. The summed E-state index contributed by atoms with van der Waals surface area (Å²) < 4.78 is 5.76. The van der Waals surface area contributed by atoms with E-state index in [2.05, 4.69) is 40.0 Å². The molecule has 27 heavy (non-hydrogen) atoms. The van der Waals surface area contributed by atoms with Gasteiger partial charge in [0.2, 0.25) is 5.91 Å². The van der Waals surface area contributed by atoms with Gasteiger partial charge in [0.05, 0.1) is 13.2 Å². The van der Waals surface area contributed by atoms with Crippen molar-refractivity contribution in [3.8, 4) is 0 Å². The number of hydrogen-bond donors (Lipinski definition) is 3. The normalized spacial score (nSPS) is 12.7. The molecular formula is C20H35IN4O2. The zero-order chi connectivity index (χ0) is 19.4. The number of nitrogens with one attached hydrogen (secondary N) is 3. The van der Waals surface area contributed by atoms with Crippen LogP contribution in [0.4, 0.5) is 0 Å². The molecule has 7 heteroatoms. The first-order valence-corrected chi connectivity index (χ1v) is 9.17. The molecule has 0 heterocycles. The van der Waals surface area contributed by atoms with Crippen LogP contribution in [-0.2, 0) is 16.1 Å². The number of nitrogens with zero attached hydrogens (tertiary/aromatic N) is 1. The van der Waals surface area contributed by atoms with Crippen LogP contribution in [-0.4, -0.2) is 45.2 Å². The molecular weight excluding hydrogens is 455 g/mol. The first-order chi connectivity index (χ1) is 12.3. The Hall–Kier alpha value is -1.35. The van der Waals surface area contributed by atoms with Crippen LogP contribution in [0.2, 0.25) is 0 Å². The molecule has 0 bridgehead atoms. The lowest BCUT2D eigenvalue weighted by molar-refractivity contribution is -0.128. The first kappa shape index (κ1) is 25.6. The lowest BCUT2D eigenvalue weighted by Gasteiger charge is -2.19. The summed E-state index contributed by atoms with van der Waals surface area (Å²) in [6, 6.07) is 10.2. The van der Waals surface area contributed by atoms with Crippen molar-refractivity contribution in [2.75, 3.05) is 33.3 Å². The van der Waals surface area contributed by atoms with Gasteiger partial charge in [0.1, 0.15) is 0 Å². The summed E-state index contributed by atoms with van der Waals surface area (Å²) in [6.07, 6.45) is 0. The van der Waals surface area contributed by atoms with Crippen molar-refractivity contribution >= 4 is 35.8 Å². The van der Waals surface area contributed by atoms with Gasteiger partial charge < -0.3 is 20.7 Å². The summed E-state index contributed by atoms with van der Waals surface area (Å²) in [6.45, 7) is 11.1. The topological polar surface area (TPSA) is 74.8 Å². The second-order valence-electron chi connectivity index (χ2n) is 7.49. The van der Waals surface area contributed by atoms with Gasteiger partial charge in [-0.05, 0) is 11.5 Å². The van der Waals surface area contributed by atoms with E-state index in [1.165, 1.54) is 5.56 Å². The van der Waals surface area contributed by atoms with Gasteiger partial charge in [-0.2, -0.15) is 0 Å². The molecule has 1 aromatic rings. The Bertz CT molecular complexity index is 559. The number of halogens is 1. The summed E-state index contributed by atoms with van der Waals surface area (Å²) in [5.74, 6) is 1.13. The predicted molar refractivity (Wildman–Crippen MR) is 123 cm³/mol. The Kier molecular flexibility index (Phi) is 13.1. The van der Waals surface area contributed by atoms with Gasteiger partial charge in [0.15, 0.2) is 5.96 Å². The van der Waals surface area contributed by atoms with Gasteiger partial charge >= 0.3 is 0 Å². The van der Waals surface area contributed by atoms with Gasteiger partial charge in [-0.1, -0.05) is 58.0 Å². The van der Waals surface area contributed by atoms with Crippen LogP contribution < -0.4 is 16.0 Å². The van der Waals surface area contributed by atoms with E-state index in [1.54, 1.807) is 7.05 Å². The molecule has 3 N–H and O–H groups in total. The monoisotopic (exact) mass is 490 g/mol. The van der Waals surface area contributed by atoms with E-state index in [0.717, 1.165) is 12.5 Å². The van der Waals surface area contributed by atoms with Crippen molar-refractivity contribution in [1.82, 2.24) is 16.0 Å². The minimum atomic E-state index is -0.366. The highest BCUT2D eigenvalue weighted by Crippen LogP contribution is 2.11. The first-order valence-electron chi connectivity index (χ1n) is 9.17. The van der Waals surface area contributed by atoms with Gasteiger partial charge in [-0.25, -0.2) is 0 Å². The van der Waals surface area contributed by atoms with Crippen LogP contribution in [0, 0.1) is 11.3 Å². The number of ether oxygens (including phenoxy) is 1. The molecule has 0 fully saturated rings. The molecule has 0 saturated heterocycles. The lowest BCUT2D eigenvalue weighted by Crippen LogP contribution is -2.44. The van der Waals surface area contributed by atoms with Crippen molar-refractivity contribution in [3.05, 3.63) is 35.9 Å². The maximum Gasteiger partial charge on any atom is 0.225 e. The van der Waals surface area contributed by atoms with E-state index >= 15 is 0 Å². The smallest absolute Gasteiger partial charge is 0.225 e. The summed E-state index contributed by atoms with van der Waals surface area (Å²) >= 11 is 0. The zero-order valence-electron chi connectivity index (χ0n) is 17.2. The Labute approximate surface area is 181 Å². The molecule has 1 aromatic carbocycles. The number of rotatable bonds is 9. The molecule has 154 valence electrons. The summed E-state index contributed by atoms with van der Waals surface area (Å²) in [5, 5.41) is 9.39. The maximum atomic E-state index is 11.8. The average molecular weight is 490 g/mol. The molecule has 0 spiro atoms. The second-order valence-corrected chi connectivity index (χ2v) is 7.49. The number of carbonyl (C=O) groups is 1.